The summed E-state index contributed by atoms with van der Waals surface area (Å²) in [5.74, 6) is 0.498. The van der Waals surface area contributed by atoms with Gasteiger partial charge in [-0.2, -0.15) is 0 Å². The summed E-state index contributed by atoms with van der Waals surface area (Å²) in [6.45, 7) is 7.44. The Balaban J connectivity index is 1.85. The average molecular weight is 281 g/mol. The van der Waals surface area contributed by atoms with Gasteiger partial charge in [-0.3, -0.25) is 15.0 Å². The number of aromatic nitrogens is 1. The Labute approximate surface area is 119 Å². The van der Waals surface area contributed by atoms with Crippen LogP contribution in [-0.2, 0) is 4.79 Å². The van der Waals surface area contributed by atoms with Crippen molar-refractivity contribution in [3.8, 4) is 0 Å². The highest BCUT2D eigenvalue weighted by molar-refractivity contribution is 5.91. The van der Waals surface area contributed by atoms with E-state index in [-0.39, 0.29) is 18.4 Å². The quantitative estimate of drug-likeness (QED) is 0.876. The van der Waals surface area contributed by atoms with Crippen LogP contribution in [-0.4, -0.2) is 46.3 Å². The lowest BCUT2D eigenvalue weighted by Gasteiger charge is -2.36. The molecule has 6 nitrogen and oxygen atoms in total. The molecule has 0 radical (unpaired) electrons. The Morgan fingerprint density at radius 2 is 2.40 bits per heavy atom. The van der Waals surface area contributed by atoms with Crippen LogP contribution >= 0.6 is 0 Å². The minimum absolute atomic E-state index is 0.144. The number of hydrogen-bond donors (Lipinski definition) is 2. The van der Waals surface area contributed by atoms with Gasteiger partial charge in [0.25, 0.3) is 0 Å². The van der Waals surface area contributed by atoms with E-state index in [4.69, 9.17) is 4.52 Å². The Kier molecular flexibility index (Phi) is 4.45. The lowest BCUT2D eigenvalue weighted by atomic mass is 9.95. The Bertz CT molecular complexity index is 468. The van der Waals surface area contributed by atoms with E-state index in [1.54, 1.807) is 6.07 Å². The molecule has 2 N–H and O–H groups in total. The fraction of sp³-hybridized carbons (Fsp3) is 0.714. The van der Waals surface area contributed by atoms with Crippen LogP contribution in [0.3, 0.4) is 0 Å². The van der Waals surface area contributed by atoms with E-state index in [0.717, 1.165) is 25.1 Å². The van der Waals surface area contributed by atoms with Crippen molar-refractivity contribution in [3.63, 3.8) is 0 Å². The van der Waals surface area contributed by atoms with Crippen LogP contribution < -0.4 is 5.32 Å². The smallest absolute Gasteiger partial charge is 0.240 e. The van der Waals surface area contributed by atoms with E-state index >= 15 is 0 Å². The van der Waals surface area contributed by atoms with Gasteiger partial charge in [0.15, 0.2) is 0 Å². The fourth-order valence-corrected chi connectivity index (χ4v) is 2.46. The third-order valence-corrected chi connectivity index (χ3v) is 3.50. The second kappa shape index (κ2) is 5.93. The second-order valence-corrected chi connectivity index (χ2v) is 6.13. The van der Waals surface area contributed by atoms with Crippen molar-refractivity contribution >= 4 is 11.8 Å². The number of likely N-dealkylation sites (tertiary alicyclic amines) is 1. The zero-order valence-corrected chi connectivity index (χ0v) is 12.3. The largest absolute Gasteiger partial charge is 0.389 e. The zero-order chi connectivity index (χ0) is 14.8. The highest BCUT2D eigenvalue weighted by Crippen LogP contribution is 2.20. The number of rotatable bonds is 4. The maximum Gasteiger partial charge on any atom is 0.240 e. The molecule has 1 atom stereocenters. The summed E-state index contributed by atoms with van der Waals surface area (Å²) in [6, 6.07) is 1.74. The van der Waals surface area contributed by atoms with E-state index in [1.807, 2.05) is 25.7 Å². The van der Waals surface area contributed by atoms with Crippen LogP contribution in [0.1, 0.15) is 45.2 Å². The molecule has 2 rings (SSSR count). The number of amides is 1. The molecule has 1 aromatic heterocycles. The number of carbonyl (C=O) groups is 1. The maximum atomic E-state index is 11.9. The van der Waals surface area contributed by atoms with Gasteiger partial charge < -0.3 is 9.63 Å². The molecule has 0 saturated carbocycles. The lowest BCUT2D eigenvalue weighted by Crippen LogP contribution is -2.48. The molecule has 1 aromatic rings. The van der Waals surface area contributed by atoms with Gasteiger partial charge in [-0.25, -0.2) is 0 Å². The first-order chi connectivity index (χ1) is 9.35. The number of anilines is 1. The zero-order valence-electron chi connectivity index (χ0n) is 12.3. The van der Waals surface area contributed by atoms with Gasteiger partial charge in [0.1, 0.15) is 0 Å². The van der Waals surface area contributed by atoms with E-state index in [0.29, 0.717) is 12.4 Å². The molecule has 1 fully saturated rings. The van der Waals surface area contributed by atoms with Gasteiger partial charge in [-0.05, 0) is 32.2 Å². The summed E-state index contributed by atoms with van der Waals surface area (Å²) < 4.78 is 5.08. The Morgan fingerprint density at radius 1 is 1.65 bits per heavy atom. The monoisotopic (exact) mass is 281 g/mol. The van der Waals surface area contributed by atoms with E-state index < -0.39 is 5.60 Å². The normalized spacial score (nSPS) is 24.1. The van der Waals surface area contributed by atoms with Gasteiger partial charge in [0.2, 0.25) is 11.8 Å². The molecule has 0 aromatic carbocycles. The van der Waals surface area contributed by atoms with Crippen LogP contribution in [0.15, 0.2) is 10.6 Å². The first-order valence-electron chi connectivity index (χ1n) is 7.07. The van der Waals surface area contributed by atoms with Crippen LogP contribution in [0.25, 0.3) is 0 Å². The minimum Gasteiger partial charge on any atom is -0.389 e. The first-order valence-corrected chi connectivity index (χ1v) is 7.07. The van der Waals surface area contributed by atoms with Crippen LogP contribution in [0, 0.1) is 0 Å². The third kappa shape index (κ3) is 4.05. The highest BCUT2D eigenvalue weighted by Gasteiger charge is 2.29. The van der Waals surface area contributed by atoms with Crippen LogP contribution in [0.4, 0.5) is 5.88 Å². The fourth-order valence-electron chi connectivity index (χ4n) is 2.46. The molecule has 0 aliphatic carbocycles. The second-order valence-electron chi connectivity index (χ2n) is 6.13. The number of β-amino-alcohol motifs (C(OH)–C–C–N with tert-alkyl or cyclic N) is 1. The number of nitrogens with zero attached hydrogens (tertiary/aromatic N) is 2. The molecule has 112 valence electrons. The number of nitrogens with one attached hydrogen (secondary N) is 1. The lowest BCUT2D eigenvalue weighted by molar-refractivity contribution is -0.118. The predicted octanol–water partition coefficient (Wildman–Crippen LogP) is 1.58. The number of carbonyl (C=O) groups excluding carboxylic acids is 1. The maximum absolute atomic E-state index is 11.9. The molecular weight excluding hydrogens is 258 g/mol. The number of hydrogen-bond acceptors (Lipinski definition) is 5. The van der Waals surface area contributed by atoms with Crippen molar-refractivity contribution < 1.29 is 14.4 Å². The van der Waals surface area contributed by atoms with Crippen LogP contribution in [0.5, 0.6) is 0 Å². The van der Waals surface area contributed by atoms with Gasteiger partial charge in [0.05, 0.1) is 17.8 Å². The molecule has 1 aliphatic rings. The van der Waals surface area contributed by atoms with Gasteiger partial charge in [-0.15, -0.1) is 0 Å². The predicted molar refractivity (Wildman–Crippen MR) is 75.5 cm³/mol. The summed E-state index contributed by atoms with van der Waals surface area (Å²) in [6.07, 6.45) is 1.69. The number of piperidine rings is 1. The van der Waals surface area contributed by atoms with Crippen molar-refractivity contribution in [1.82, 2.24) is 10.1 Å². The van der Waals surface area contributed by atoms with Crippen molar-refractivity contribution in [1.29, 1.82) is 0 Å². The first kappa shape index (κ1) is 15.0. The van der Waals surface area contributed by atoms with E-state index in [9.17, 15) is 9.90 Å². The topological polar surface area (TPSA) is 78.6 Å². The molecule has 1 amide bonds. The minimum atomic E-state index is -0.699. The average Bonchev–Trinajstić information content (AvgIpc) is 2.75. The van der Waals surface area contributed by atoms with Crippen molar-refractivity contribution in [2.45, 2.75) is 45.1 Å². The van der Waals surface area contributed by atoms with Crippen molar-refractivity contribution in [2.75, 3.05) is 25.0 Å². The molecule has 1 aliphatic heterocycles. The van der Waals surface area contributed by atoms with Crippen molar-refractivity contribution in [2.24, 2.45) is 0 Å². The van der Waals surface area contributed by atoms with Gasteiger partial charge in [-0.1, -0.05) is 19.0 Å². The molecule has 2 heterocycles. The van der Waals surface area contributed by atoms with E-state index in [2.05, 4.69) is 10.5 Å². The Hall–Kier alpha value is -1.40. The highest BCUT2D eigenvalue weighted by atomic mass is 16.5. The van der Waals surface area contributed by atoms with Crippen molar-refractivity contribution in [3.05, 3.63) is 11.8 Å². The molecule has 6 heteroatoms. The molecule has 1 unspecified atom stereocenters. The summed E-state index contributed by atoms with van der Waals surface area (Å²) in [5.41, 5.74) is 0.122. The summed E-state index contributed by atoms with van der Waals surface area (Å²) in [7, 11) is 0. The molecule has 20 heavy (non-hydrogen) atoms. The van der Waals surface area contributed by atoms with Gasteiger partial charge >= 0.3 is 0 Å². The SMILES string of the molecule is CC(C)c1cc(NC(=O)CN2CCCC(C)(O)C2)on1. The third-order valence-electron chi connectivity index (χ3n) is 3.50. The standard InChI is InChI=1S/C14H23N3O3/c1-10(2)11-7-13(20-16-11)15-12(18)8-17-6-4-5-14(3,19)9-17/h7,10,19H,4-6,8-9H2,1-3H3,(H,15,18). The molecular formula is C14H23N3O3. The summed E-state index contributed by atoms with van der Waals surface area (Å²) in [4.78, 5) is 13.9. The molecule has 0 spiro atoms. The molecule has 1 saturated heterocycles. The number of aliphatic hydroxyl groups is 1. The summed E-state index contributed by atoms with van der Waals surface area (Å²) in [5, 5.41) is 16.6. The van der Waals surface area contributed by atoms with E-state index in [1.165, 1.54) is 0 Å². The van der Waals surface area contributed by atoms with Gasteiger partial charge in [0, 0.05) is 12.6 Å². The molecule has 0 bridgehead atoms. The van der Waals surface area contributed by atoms with Crippen LogP contribution in [0.2, 0.25) is 0 Å². The Morgan fingerprint density at radius 3 is 3.00 bits per heavy atom. The summed E-state index contributed by atoms with van der Waals surface area (Å²) >= 11 is 0.